The molecule has 2 saturated carbocycles. The van der Waals surface area contributed by atoms with E-state index in [-0.39, 0.29) is 47.5 Å². The molecule has 7 unspecified atom stereocenters. The number of ether oxygens (including phenoxy) is 1. The number of amides is 3. The van der Waals surface area contributed by atoms with Crippen molar-refractivity contribution >= 4 is 23.4 Å². The van der Waals surface area contributed by atoms with Crippen LogP contribution in [-0.4, -0.2) is 37.0 Å². The van der Waals surface area contributed by atoms with Crippen LogP contribution in [0.1, 0.15) is 29.6 Å². The fraction of sp³-hybridized carbons (Fsp3) is 0.522. The number of nitrogens with zero attached hydrogens (tertiary/aromatic N) is 1. The Morgan fingerprint density at radius 2 is 1.83 bits per heavy atom. The van der Waals surface area contributed by atoms with Gasteiger partial charge in [0.1, 0.15) is 0 Å². The number of carbonyl (C=O) groups excluding carboxylic acids is 3. The van der Waals surface area contributed by atoms with Gasteiger partial charge in [0.05, 0.1) is 23.6 Å². The largest absolute Gasteiger partial charge is 0.376 e. The molecule has 6 heteroatoms. The van der Waals surface area contributed by atoms with Gasteiger partial charge in [0, 0.05) is 18.7 Å². The Hall–Kier alpha value is -2.47. The van der Waals surface area contributed by atoms with Crippen molar-refractivity contribution in [2.24, 2.45) is 35.5 Å². The molecule has 2 bridgehead atoms. The summed E-state index contributed by atoms with van der Waals surface area (Å²) in [6.45, 7) is 1.22. The van der Waals surface area contributed by atoms with E-state index >= 15 is 0 Å². The lowest BCUT2D eigenvalue weighted by Crippen LogP contribution is -2.40. The highest BCUT2D eigenvalue weighted by Gasteiger charge is 2.67. The van der Waals surface area contributed by atoms with Crippen LogP contribution in [0.3, 0.4) is 0 Å². The topological polar surface area (TPSA) is 75.7 Å². The van der Waals surface area contributed by atoms with Gasteiger partial charge in [-0.2, -0.15) is 0 Å². The fourth-order valence-electron chi connectivity index (χ4n) is 6.11. The van der Waals surface area contributed by atoms with E-state index in [0.29, 0.717) is 29.6 Å². The second-order valence-corrected chi connectivity index (χ2v) is 9.06. The molecule has 150 valence electrons. The third-order valence-electron chi connectivity index (χ3n) is 7.54. The lowest BCUT2D eigenvalue weighted by Gasteiger charge is -2.37. The molecule has 6 nitrogen and oxygen atoms in total. The summed E-state index contributed by atoms with van der Waals surface area (Å²) in [5.74, 6) is 0.723. The first-order valence-electron chi connectivity index (χ1n) is 10.7. The number of carbonyl (C=O) groups is 3. The molecule has 0 spiro atoms. The van der Waals surface area contributed by atoms with Crippen molar-refractivity contribution in [1.29, 1.82) is 0 Å². The van der Waals surface area contributed by atoms with Crippen molar-refractivity contribution < 1.29 is 19.1 Å². The van der Waals surface area contributed by atoms with Gasteiger partial charge in [-0.05, 0) is 61.1 Å². The summed E-state index contributed by atoms with van der Waals surface area (Å²) >= 11 is 0. The molecule has 1 aromatic rings. The number of anilines is 1. The van der Waals surface area contributed by atoms with Gasteiger partial charge in [-0.3, -0.25) is 14.4 Å². The number of imide groups is 1. The van der Waals surface area contributed by atoms with Gasteiger partial charge in [-0.25, -0.2) is 4.90 Å². The minimum atomic E-state index is -0.224. The van der Waals surface area contributed by atoms with E-state index in [2.05, 4.69) is 17.5 Å². The van der Waals surface area contributed by atoms with E-state index in [1.54, 1.807) is 24.3 Å². The van der Waals surface area contributed by atoms with Crippen LogP contribution in [0, 0.1) is 35.5 Å². The molecule has 3 amide bonds. The van der Waals surface area contributed by atoms with E-state index in [0.717, 1.165) is 25.9 Å². The van der Waals surface area contributed by atoms with Crippen LogP contribution in [0.15, 0.2) is 36.4 Å². The van der Waals surface area contributed by atoms with Crippen molar-refractivity contribution in [3.8, 4) is 0 Å². The summed E-state index contributed by atoms with van der Waals surface area (Å²) in [6.07, 6.45) is 7.54. The van der Waals surface area contributed by atoms with Gasteiger partial charge in [0.15, 0.2) is 0 Å². The Morgan fingerprint density at radius 3 is 2.48 bits per heavy atom. The lowest BCUT2D eigenvalue weighted by atomic mass is 9.63. The minimum Gasteiger partial charge on any atom is -0.376 e. The standard InChI is InChI=1S/C23H24N2O4/c26-21(24-11-14-5-2-8-29-14)12-3-1-4-13(9-12)25-22(27)19-15-6-7-16(18-10-17(15)18)20(19)23(25)28/h1,3-4,6-7,9,14-20H,2,5,8,10-11H2,(H,24,26). The zero-order valence-corrected chi connectivity index (χ0v) is 16.1. The summed E-state index contributed by atoms with van der Waals surface area (Å²) < 4.78 is 5.55. The van der Waals surface area contributed by atoms with E-state index in [1.807, 2.05) is 0 Å². The van der Waals surface area contributed by atoms with Crippen LogP contribution >= 0.6 is 0 Å². The Balaban J connectivity index is 1.23. The average Bonchev–Trinajstić information content (AvgIpc) is 3.33. The molecule has 7 atom stereocenters. The average molecular weight is 392 g/mol. The van der Waals surface area contributed by atoms with E-state index in [4.69, 9.17) is 4.74 Å². The first-order valence-corrected chi connectivity index (χ1v) is 10.7. The highest BCUT2D eigenvalue weighted by atomic mass is 16.5. The minimum absolute atomic E-state index is 0.0707. The molecule has 4 aliphatic carbocycles. The predicted octanol–water partition coefficient (Wildman–Crippen LogP) is 2.15. The van der Waals surface area contributed by atoms with Gasteiger partial charge in [-0.15, -0.1) is 0 Å². The number of nitrogens with one attached hydrogen (secondary N) is 1. The number of benzene rings is 1. The number of rotatable bonds is 4. The van der Waals surface area contributed by atoms with E-state index in [1.165, 1.54) is 4.90 Å². The van der Waals surface area contributed by atoms with Crippen LogP contribution in [-0.2, 0) is 14.3 Å². The maximum Gasteiger partial charge on any atom is 0.251 e. The Kier molecular flexibility index (Phi) is 3.76. The molecule has 0 aromatic heterocycles. The quantitative estimate of drug-likeness (QED) is 0.629. The van der Waals surface area contributed by atoms with E-state index in [9.17, 15) is 14.4 Å². The van der Waals surface area contributed by atoms with Gasteiger partial charge in [-0.1, -0.05) is 18.2 Å². The molecule has 4 fully saturated rings. The van der Waals surface area contributed by atoms with Crippen molar-refractivity contribution in [1.82, 2.24) is 5.32 Å². The zero-order chi connectivity index (χ0) is 19.7. The SMILES string of the molecule is O=C(NCC1CCCO1)c1cccc(N2C(=O)C3C4C=CC(C5CC45)C3C2=O)c1. The van der Waals surface area contributed by atoms with Crippen LogP contribution in [0.25, 0.3) is 0 Å². The van der Waals surface area contributed by atoms with Crippen LogP contribution in [0.5, 0.6) is 0 Å². The third-order valence-corrected chi connectivity index (χ3v) is 7.54. The second kappa shape index (κ2) is 6.26. The molecular weight excluding hydrogens is 368 g/mol. The number of allylic oxidation sites excluding steroid dienone is 2. The van der Waals surface area contributed by atoms with Crippen molar-refractivity contribution in [2.45, 2.75) is 25.4 Å². The molecule has 2 saturated heterocycles. The molecule has 1 aromatic carbocycles. The Bertz CT molecular complexity index is 899. The van der Waals surface area contributed by atoms with Gasteiger partial charge in [0.25, 0.3) is 5.91 Å². The van der Waals surface area contributed by atoms with Gasteiger partial charge < -0.3 is 10.1 Å². The molecule has 6 aliphatic rings. The number of hydrogen-bond acceptors (Lipinski definition) is 4. The second-order valence-electron chi connectivity index (χ2n) is 9.06. The molecule has 2 aliphatic heterocycles. The van der Waals surface area contributed by atoms with E-state index < -0.39 is 0 Å². The molecule has 2 heterocycles. The monoisotopic (exact) mass is 392 g/mol. The van der Waals surface area contributed by atoms with Gasteiger partial charge in [0.2, 0.25) is 11.8 Å². The first-order chi connectivity index (χ1) is 14.1. The summed E-state index contributed by atoms with van der Waals surface area (Å²) in [5, 5.41) is 2.90. The highest BCUT2D eigenvalue weighted by molar-refractivity contribution is 6.23. The van der Waals surface area contributed by atoms with Crippen molar-refractivity contribution in [3.05, 3.63) is 42.0 Å². The third kappa shape index (κ3) is 2.54. The van der Waals surface area contributed by atoms with Gasteiger partial charge >= 0.3 is 0 Å². The zero-order valence-electron chi connectivity index (χ0n) is 16.1. The Labute approximate surface area is 169 Å². The van der Waals surface area contributed by atoms with Crippen LogP contribution in [0.4, 0.5) is 5.69 Å². The highest BCUT2D eigenvalue weighted by Crippen LogP contribution is 2.65. The maximum atomic E-state index is 13.2. The van der Waals surface area contributed by atoms with Crippen molar-refractivity contribution in [2.75, 3.05) is 18.1 Å². The normalized spacial score (nSPS) is 38.9. The summed E-state index contributed by atoms with van der Waals surface area (Å²) in [4.78, 5) is 40.4. The summed E-state index contributed by atoms with van der Waals surface area (Å²) in [5.41, 5.74) is 0.965. The summed E-state index contributed by atoms with van der Waals surface area (Å²) in [6, 6.07) is 6.87. The Morgan fingerprint density at radius 1 is 1.10 bits per heavy atom. The first kappa shape index (κ1) is 17.4. The molecular formula is C23H24N2O4. The predicted molar refractivity (Wildman–Crippen MR) is 105 cm³/mol. The van der Waals surface area contributed by atoms with Crippen LogP contribution < -0.4 is 10.2 Å². The fourth-order valence-corrected chi connectivity index (χ4v) is 6.11. The van der Waals surface area contributed by atoms with Crippen molar-refractivity contribution in [3.63, 3.8) is 0 Å². The maximum absolute atomic E-state index is 13.2. The lowest BCUT2D eigenvalue weighted by molar-refractivity contribution is -0.124. The molecule has 7 rings (SSSR count). The molecule has 29 heavy (non-hydrogen) atoms. The number of hydrogen-bond donors (Lipinski definition) is 1. The summed E-state index contributed by atoms with van der Waals surface area (Å²) in [7, 11) is 0. The molecule has 1 N–H and O–H groups in total. The molecule has 0 radical (unpaired) electrons. The smallest absolute Gasteiger partial charge is 0.251 e. The van der Waals surface area contributed by atoms with Crippen LogP contribution in [0.2, 0.25) is 0 Å².